The lowest BCUT2D eigenvalue weighted by Crippen LogP contribution is -2.42. The van der Waals surface area contributed by atoms with E-state index in [9.17, 15) is 14.4 Å². The highest BCUT2D eigenvalue weighted by atomic mass is 35.5. The van der Waals surface area contributed by atoms with E-state index >= 15 is 0 Å². The zero-order chi connectivity index (χ0) is 23.7. The van der Waals surface area contributed by atoms with Crippen molar-refractivity contribution in [3.8, 4) is 5.69 Å². The molecular weight excluding hydrogens is 438 g/mol. The van der Waals surface area contributed by atoms with Gasteiger partial charge in [0.1, 0.15) is 6.54 Å². The number of fused-ring (bicyclic) bond motifs is 1. The van der Waals surface area contributed by atoms with Crippen LogP contribution in [0.5, 0.6) is 0 Å². The second kappa shape index (κ2) is 9.08. The number of halogens is 1. The second-order valence-electron chi connectivity index (χ2n) is 8.14. The zero-order valence-electron chi connectivity index (χ0n) is 18.6. The van der Waals surface area contributed by atoms with Crippen molar-refractivity contribution in [3.05, 3.63) is 109 Å². The van der Waals surface area contributed by atoms with E-state index in [1.54, 1.807) is 30.3 Å². The van der Waals surface area contributed by atoms with Gasteiger partial charge in [-0.15, -0.1) is 0 Å². The normalized spacial score (nSPS) is 12.0. The quantitative estimate of drug-likeness (QED) is 0.481. The summed E-state index contributed by atoms with van der Waals surface area (Å²) in [6.07, 6.45) is 0. The van der Waals surface area contributed by atoms with Crippen LogP contribution in [0, 0.1) is 13.8 Å². The summed E-state index contributed by atoms with van der Waals surface area (Å²) >= 11 is 6.17. The predicted octanol–water partition coefficient (Wildman–Crippen LogP) is 4.30. The molecule has 0 bridgehead atoms. The van der Waals surface area contributed by atoms with Crippen molar-refractivity contribution in [3.63, 3.8) is 0 Å². The molecule has 1 heterocycles. The fraction of sp³-hybridized carbons (Fsp3) is 0.192. The standard InChI is InChI=1S/C26H24ClN3O3/c1-16-9-11-21(13-17(16)2)30-25(32)22-12-10-20(27)14-23(22)29(26(30)33)15-24(31)28-18(3)19-7-5-4-6-8-19/h4-14,18H,15H2,1-3H3,(H,28,31)/t18-/m1/s1. The molecule has 0 fully saturated rings. The summed E-state index contributed by atoms with van der Waals surface area (Å²) in [6.45, 7) is 5.50. The topological polar surface area (TPSA) is 73.1 Å². The number of aryl methyl sites for hydroxylation is 2. The number of carbonyl (C=O) groups is 1. The van der Waals surface area contributed by atoms with Crippen LogP contribution in [0.25, 0.3) is 16.6 Å². The third kappa shape index (κ3) is 4.47. The number of nitrogens with zero attached hydrogens (tertiary/aromatic N) is 2. The Kier molecular flexibility index (Phi) is 6.20. The Labute approximate surface area is 196 Å². The average Bonchev–Trinajstić information content (AvgIpc) is 2.79. The lowest BCUT2D eigenvalue weighted by atomic mass is 10.1. The summed E-state index contributed by atoms with van der Waals surface area (Å²) in [5, 5.41) is 3.60. The highest BCUT2D eigenvalue weighted by molar-refractivity contribution is 6.31. The van der Waals surface area contributed by atoms with Crippen LogP contribution < -0.4 is 16.6 Å². The number of nitrogens with one attached hydrogen (secondary N) is 1. The van der Waals surface area contributed by atoms with Crippen molar-refractivity contribution in [1.29, 1.82) is 0 Å². The lowest BCUT2D eigenvalue weighted by Gasteiger charge is -2.17. The molecule has 1 N–H and O–H groups in total. The van der Waals surface area contributed by atoms with E-state index < -0.39 is 11.2 Å². The van der Waals surface area contributed by atoms with Crippen LogP contribution in [0.2, 0.25) is 5.02 Å². The Balaban J connectivity index is 1.82. The monoisotopic (exact) mass is 461 g/mol. The first-order chi connectivity index (χ1) is 15.8. The minimum absolute atomic E-state index is 0.241. The SMILES string of the molecule is Cc1ccc(-n2c(=O)c3ccc(Cl)cc3n(CC(=O)N[C@H](C)c3ccccc3)c2=O)cc1C. The van der Waals surface area contributed by atoms with E-state index in [2.05, 4.69) is 5.32 Å². The van der Waals surface area contributed by atoms with Crippen molar-refractivity contribution in [2.75, 3.05) is 0 Å². The van der Waals surface area contributed by atoms with Crippen LogP contribution in [0.3, 0.4) is 0 Å². The van der Waals surface area contributed by atoms with Crippen LogP contribution in [-0.4, -0.2) is 15.0 Å². The van der Waals surface area contributed by atoms with E-state index in [1.807, 2.05) is 57.2 Å². The molecule has 0 unspecified atom stereocenters. The smallest absolute Gasteiger partial charge is 0.336 e. The van der Waals surface area contributed by atoms with Crippen LogP contribution in [0.15, 0.2) is 76.3 Å². The summed E-state index contributed by atoms with van der Waals surface area (Å²) in [4.78, 5) is 39.7. The summed E-state index contributed by atoms with van der Waals surface area (Å²) < 4.78 is 2.40. The molecule has 6 nitrogen and oxygen atoms in total. The molecule has 0 aliphatic rings. The summed E-state index contributed by atoms with van der Waals surface area (Å²) in [6, 6.07) is 19.4. The zero-order valence-corrected chi connectivity index (χ0v) is 19.4. The van der Waals surface area contributed by atoms with Gasteiger partial charge in [0.15, 0.2) is 0 Å². The largest absolute Gasteiger partial charge is 0.348 e. The fourth-order valence-electron chi connectivity index (χ4n) is 3.84. The van der Waals surface area contributed by atoms with E-state index in [1.165, 1.54) is 4.57 Å². The molecule has 168 valence electrons. The van der Waals surface area contributed by atoms with E-state index in [0.717, 1.165) is 21.3 Å². The first kappa shape index (κ1) is 22.6. The van der Waals surface area contributed by atoms with Gasteiger partial charge in [0.25, 0.3) is 5.56 Å². The molecule has 0 saturated heterocycles. The highest BCUT2D eigenvalue weighted by Gasteiger charge is 2.18. The van der Waals surface area contributed by atoms with Crippen LogP contribution >= 0.6 is 11.6 Å². The molecule has 7 heteroatoms. The maximum absolute atomic E-state index is 13.5. The third-order valence-electron chi connectivity index (χ3n) is 5.83. The van der Waals surface area contributed by atoms with Gasteiger partial charge >= 0.3 is 5.69 Å². The van der Waals surface area contributed by atoms with Gasteiger partial charge in [0.2, 0.25) is 5.91 Å². The molecule has 0 spiro atoms. The maximum atomic E-state index is 13.5. The average molecular weight is 462 g/mol. The number of benzene rings is 3. The van der Waals surface area contributed by atoms with E-state index in [4.69, 9.17) is 11.6 Å². The lowest BCUT2D eigenvalue weighted by molar-refractivity contribution is -0.122. The number of amides is 1. The molecule has 33 heavy (non-hydrogen) atoms. The number of hydrogen-bond donors (Lipinski definition) is 1. The summed E-state index contributed by atoms with van der Waals surface area (Å²) in [5.41, 5.74) is 2.68. The number of hydrogen-bond acceptors (Lipinski definition) is 3. The van der Waals surface area contributed by atoms with Crippen LogP contribution in [0.4, 0.5) is 0 Å². The molecule has 4 aromatic rings. The Hall–Kier alpha value is -3.64. The minimum Gasteiger partial charge on any atom is -0.348 e. The fourth-order valence-corrected chi connectivity index (χ4v) is 4.01. The summed E-state index contributed by atoms with van der Waals surface area (Å²) in [5.74, 6) is -0.347. The molecule has 0 radical (unpaired) electrons. The molecule has 4 rings (SSSR count). The predicted molar refractivity (Wildman–Crippen MR) is 131 cm³/mol. The molecule has 1 atom stereocenters. The van der Waals surface area contributed by atoms with Gasteiger partial charge in [-0.1, -0.05) is 48.0 Å². The van der Waals surface area contributed by atoms with Crippen molar-refractivity contribution >= 4 is 28.4 Å². The summed E-state index contributed by atoms with van der Waals surface area (Å²) in [7, 11) is 0. The van der Waals surface area contributed by atoms with Gasteiger partial charge in [-0.2, -0.15) is 0 Å². The number of rotatable bonds is 5. The first-order valence-electron chi connectivity index (χ1n) is 10.6. The van der Waals surface area contributed by atoms with Gasteiger partial charge in [-0.05, 0) is 67.8 Å². The Morgan fingerprint density at radius 2 is 1.70 bits per heavy atom. The van der Waals surface area contributed by atoms with Gasteiger partial charge in [-0.25, -0.2) is 9.36 Å². The van der Waals surface area contributed by atoms with E-state index in [-0.39, 0.29) is 18.5 Å². The Morgan fingerprint density at radius 1 is 0.970 bits per heavy atom. The van der Waals surface area contributed by atoms with E-state index in [0.29, 0.717) is 21.6 Å². The van der Waals surface area contributed by atoms with Crippen LogP contribution in [-0.2, 0) is 11.3 Å². The second-order valence-corrected chi connectivity index (χ2v) is 8.58. The van der Waals surface area contributed by atoms with Gasteiger partial charge in [-0.3, -0.25) is 14.2 Å². The minimum atomic E-state index is -0.597. The number of carbonyl (C=O) groups excluding carboxylic acids is 1. The van der Waals surface area contributed by atoms with Crippen LogP contribution in [0.1, 0.15) is 29.7 Å². The first-order valence-corrected chi connectivity index (χ1v) is 11.0. The van der Waals surface area contributed by atoms with Gasteiger partial charge < -0.3 is 5.32 Å². The van der Waals surface area contributed by atoms with Gasteiger partial charge in [0.05, 0.1) is 22.6 Å². The molecule has 0 saturated carbocycles. The molecule has 3 aromatic carbocycles. The molecule has 0 aliphatic heterocycles. The number of aromatic nitrogens is 2. The third-order valence-corrected chi connectivity index (χ3v) is 6.07. The molecular formula is C26H24ClN3O3. The van der Waals surface area contributed by atoms with Crippen molar-refractivity contribution in [2.24, 2.45) is 0 Å². The maximum Gasteiger partial charge on any atom is 0.336 e. The van der Waals surface area contributed by atoms with Crippen molar-refractivity contribution in [2.45, 2.75) is 33.4 Å². The molecule has 1 amide bonds. The van der Waals surface area contributed by atoms with Gasteiger partial charge in [0, 0.05) is 5.02 Å². The Morgan fingerprint density at radius 3 is 2.39 bits per heavy atom. The van der Waals surface area contributed by atoms with Crippen molar-refractivity contribution < 1.29 is 4.79 Å². The Bertz CT molecular complexity index is 1470. The van der Waals surface area contributed by atoms with Crippen molar-refractivity contribution in [1.82, 2.24) is 14.5 Å². The highest BCUT2D eigenvalue weighted by Crippen LogP contribution is 2.18. The molecule has 0 aliphatic carbocycles. The molecule has 1 aromatic heterocycles.